The molecule has 1 aliphatic carbocycles. The molecule has 0 unspecified atom stereocenters. The maximum Gasteiger partial charge on any atom is 0.416 e. The molecule has 4 nitrogen and oxygen atoms in total. The molecule has 0 amide bonds. The fourth-order valence-corrected chi connectivity index (χ4v) is 2.47. The summed E-state index contributed by atoms with van der Waals surface area (Å²) in [5.41, 5.74) is -1.75. The molecule has 0 radical (unpaired) electrons. The van der Waals surface area contributed by atoms with Gasteiger partial charge in [0.2, 0.25) is 0 Å². The molecule has 0 heterocycles. The fourth-order valence-electron chi connectivity index (χ4n) is 2.47. The number of alkyl halides is 3. The average molecular weight is 302 g/mol. The topological polar surface area (TPSA) is 52.6 Å². The number of halogens is 3. The molecule has 1 fully saturated rings. The predicted octanol–water partition coefficient (Wildman–Crippen LogP) is 2.53. The second-order valence-corrected chi connectivity index (χ2v) is 4.83. The summed E-state index contributed by atoms with van der Waals surface area (Å²) in [5.74, 6) is -2.00. The van der Waals surface area contributed by atoms with Gasteiger partial charge in [-0.1, -0.05) is 12.1 Å². The number of methoxy groups -OCH3 is 2. The van der Waals surface area contributed by atoms with Crippen LogP contribution in [0.1, 0.15) is 23.5 Å². The van der Waals surface area contributed by atoms with Crippen molar-refractivity contribution in [3.8, 4) is 0 Å². The molecule has 21 heavy (non-hydrogen) atoms. The van der Waals surface area contributed by atoms with E-state index in [1.54, 1.807) is 0 Å². The molecule has 0 aromatic heterocycles. The lowest BCUT2D eigenvalue weighted by atomic mass is 9.98. The third-order valence-electron chi connectivity index (χ3n) is 3.70. The maximum atomic E-state index is 12.5. The Kier molecular flexibility index (Phi) is 3.69. The van der Waals surface area contributed by atoms with Gasteiger partial charge in [0.15, 0.2) is 5.41 Å². The van der Waals surface area contributed by atoms with E-state index in [0.717, 1.165) is 26.4 Å². The van der Waals surface area contributed by atoms with Crippen molar-refractivity contribution in [2.75, 3.05) is 14.2 Å². The molecule has 1 aliphatic rings. The largest absolute Gasteiger partial charge is 0.468 e. The van der Waals surface area contributed by atoms with Gasteiger partial charge in [0.05, 0.1) is 19.8 Å². The van der Waals surface area contributed by atoms with Crippen LogP contribution >= 0.6 is 0 Å². The smallest absolute Gasteiger partial charge is 0.416 e. The molecular formula is C14H13F3O4. The van der Waals surface area contributed by atoms with E-state index >= 15 is 0 Å². The van der Waals surface area contributed by atoms with Gasteiger partial charge in [0.25, 0.3) is 0 Å². The van der Waals surface area contributed by atoms with Crippen LogP contribution in [0.3, 0.4) is 0 Å². The first kappa shape index (κ1) is 15.3. The highest BCUT2D eigenvalue weighted by Crippen LogP contribution is 2.60. The van der Waals surface area contributed by atoms with Gasteiger partial charge in [-0.05, 0) is 24.1 Å². The zero-order valence-electron chi connectivity index (χ0n) is 11.4. The fraction of sp³-hybridized carbons (Fsp3) is 0.429. The van der Waals surface area contributed by atoms with Crippen LogP contribution in [0, 0.1) is 5.41 Å². The summed E-state index contributed by atoms with van der Waals surface area (Å²) in [7, 11) is 2.30. The van der Waals surface area contributed by atoms with Crippen molar-refractivity contribution in [3.63, 3.8) is 0 Å². The highest BCUT2D eigenvalue weighted by Gasteiger charge is 2.68. The number of ether oxygens (including phenoxy) is 2. The Bertz CT molecular complexity index is 547. The number of esters is 2. The first-order chi connectivity index (χ1) is 9.77. The van der Waals surface area contributed by atoms with E-state index in [-0.39, 0.29) is 6.42 Å². The number of hydrogen-bond donors (Lipinski definition) is 0. The number of carbonyl (C=O) groups excluding carboxylic acids is 2. The average Bonchev–Trinajstić information content (AvgIpc) is 3.21. The summed E-state index contributed by atoms with van der Waals surface area (Å²) < 4.78 is 46.7. The van der Waals surface area contributed by atoms with Gasteiger partial charge in [0, 0.05) is 5.92 Å². The highest BCUT2D eigenvalue weighted by molar-refractivity contribution is 6.05. The van der Waals surface area contributed by atoms with Crippen LogP contribution in [0.5, 0.6) is 0 Å². The SMILES string of the molecule is COC(=O)C1(C(=O)OC)C[C@@H]1c1ccc(C(F)(F)F)cc1. The van der Waals surface area contributed by atoms with Gasteiger partial charge in [0.1, 0.15) is 0 Å². The lowest BCUT2D eigenvalue weighted by Crippen LogP contribution is -2.30. The van der Waals surface area contributed by atoms with E-state index in [2.05, 4.69) is 9.47 Å². The first-order valence-corrected chi connectivity index (χ1v) is 6.11. The molecule has 0 aliphatic heterocycles. The van der Waals surface area contributed by atoms with Gasteiger partial charge in [-0.3, -0.25) is 9.59 Å². The van der Waals surface area contributed by atoms with Crippen molar-refractivity contribution in [2.24, 2.45) is 5.41 Å². The van der Waals surface area contributed by atoms with E-state index in [9.17, 15) is 22.8 Å². The maximum absolute atomic E-state index is 12.5. The molecule has 0 N–H and O–H groups in total. The first-order valence-electron chi connectivity index (χ1n) is 6.11. The lowest BCUT2D eigenvalue weighted by molar-refractivity contribution is -0.161. The minimum absolute atomic E-state index is 0.164. The molecule has 2 rings (SSSR count). The second kappa shape index (κ2) is 5.05. The van der Waals surface area contributed by atoms with Crippen LogP contribution in [0.25, 0.3) is 0 Å². The van der Waals surface area contributed by atoms with Gasteiger partial charge >= 0.3 is 18.1 Å². The Morgan fingerprint density at radius 3 is 1.95 bits per heavy atom. The van der Waals surface area contributed by atoms with Crippen LogP contribution in [0.2, 0.25) is 0 Å². The van der Waals surface area contributed by atoms with Gasteiger partial charge in [-0.15, -0.1) is 0 Å². The summed E-state index contributed by atoms with van der Waals surface area (Å²) in [5, 5.41) is 0. The van der Waals surface area contributed by atoms with Crippen molar-refractivity contribution in [2.45, 2.75) is 18.5 Å². The zero-order valence-corrected chi connectivity index (χ0v) is 11.4. The van der Waals surface area contributed by atoms with E-state index in [1.165, 1.54) is 12.1 Å². The van der Waals surface area contributed by atoms with E-state index in [1.807, 2.05) is 0 Å². The molecule has 1 aromatic carbocycles. The molecule has 1 saturated carbocycles. The van der Waals surface area contributed by atoms with Crippen molar-refractivity contribution in [3.05, 3.63) is 35.4 Å². The molecular weight excluding hydrogens is 289 g/mol. The van der Waals surface area contributed by atoms with Crippen LogP contribution in [-0.4, -0.2) is 26.2 Å². The summed E-state index contributed by atoms with van der Waals surface area (Å²) >= 11 is 0. The molecule has 0 spiro atoms. The summed E-state index contributed by atoms with van der Waals surface area (Å²) in [6.45, 7) is 0. The van der Waals surface area contributed by atoms with Gasteiger partial charge in [-0.25, -0.2) is 0 Å². The van der Waals surface area contributed by atoms with Crippen LogP contribution in [0.15, 0.2) is 24.3 Å². The summed E-state index contributed by atoms with van der Waals surface area (Å²) in [6, 6.07) is 4.38. The minimum atomic E-state index is -4.43. The zero-order chi connectivity index (χ0) is 15.8. The van der Waals surface area contributed by atoms with Gasteiger partial charge in [-0.2, -0.15) is 13.2 Å². The quantitative estimate of drug-likeness (QED) is 0.636. The predicted molar refractivity (Wildman–Crippen MR) is 65.3 cm³/mol. The lowest BCUT2D eigenvalue weighted by Gasteiger charge is -2.13. The Morgan fingerprint density at radius 1 is 1.10 bits per heavy atom. The monoisotopic (exact) mass is 302 g/mol. The second-order valence-electron chi connectivity index (χ2n) is 4.83. The third kappa shape index (κ3) is 2.48. The summed E-state index contributed by atoms with van der Waals surface area (Å²) in [4.78, 5) is 23.6. The minimum Gasteiger partial charge on any atom is -0.468 e. The van der Waals surface area contributed by atoms with E-state index < -0.39 is 35.0 Å². The molecule has 7 heteroatoms. The Morgan fingerprint density at radius 2 is 1.57 bits per heavy atom. The standard InChI is InChI=1S/C14H13F3O4/c1-20-11(18)13(12(19)21-2)7-10(13)8-3-5-9(6-4-8)14(15,16)17/h3-6,10H,7H2,1-2H3/t10-/m1/s1. The highest BCUT2D eigenvalue weighted by atomic mass is 19.4. The molecule has 1 atom stereocenters. The Labute approximate surface area is 118 Å². The Balaban J connectivity index is 2.28. The Hall–Kier alpha value is -2.05. The number of hydrogen-bond acceptors (Lipinski definition) is 4. The normalized spacial score (nSPS) is 19.8. The van der Waals surface area contributed by atoms with Crippen molar-refractivity contribution < 1.29 is 32.2 Å². The van der Waals surface area contributed by atoms with Crippen molar-refractivity contribution in [1.29, 1.82) is 0 Å². The third-order valence-corrected chi connectivity index (χ3v) is 3.70. The van der Waals surface area contributed by atoms with Crippen LogP contribution in [0.4, 0.5) is 13.2 Å². The van der Waals surface area contributed by atoms with Crippen LogP contribution in [-0.2, 0) is 25.2 Å². The van der Waals surface area contributed by atoms with E-state index in [0.29, 0.717) is 5.56 Å². The molecule has 0 bridgehead atoms. The van der Waals surface area contributed by atoms with Gasteiger partial charge < -0.3 is 9.47 Å². The van der Waals surface area contributed by atoms with E-state index in [4.69, 9.17) is 0 Å². The number of benzene rings is 1. The molecule has 0 saturated heterocycles. The van der Waals surface area contributed by atoms with Crippen LogP contribution < -0.4 is 0 Å². The number of rotatable bonds is 3. The molecule has 1 aromatic rings. The van der Waals surface area contributed by atoms with Crippen molar-refractivity contribution >= 4 is 11.9 Å². The summed E-state index contributed by atoms with van der Waals surface area (Å²) in [6.07, 6.45) is -4.26. The number of carbonyl (C=O) groups is 2. The molecule has 114 valence electrons. The van der Waals surface area contributed by atoms with Crippen molar-refractivity contribution in [1.82, 2.24) is 0 Å².